The molecule has 0 saturated heterocycles. The number of ether oxygens (including phenoxy) is 1. The molecule has 23 heavy (non-hydrogen) atoms. The molecule has 3 rings (SSSR count). The number of nitrogens with one attached hydrogen (secondary N) is 2. The molecule has 1 aromatic carbocycles. The molecule has 1 heterocycles. The normalized spacial score (nSPS) is 15.5. The van der Waals surface area contributed by atoms with Gasteiger partial charge in [0.1, 0.15) is 0 Å². The first-order valence-corrected chi connectivity index (χ1v) is 7.82. The summed E-state index contributed by atoms with van der Waals surface area (Å²) in [5, 5.41) is 5.84. The molecule has 5 nitrogen and oxygen atoms in total. The number of benzene rings is 1. The predicted molar refractivity (Wildman–Crippen MR) is 90.3 cm³/mol. The van der Waals surface area contributed by atoms with Gasteiger partial charge in [-0.3, -0.25) is 4.98 Å². The minimum atomic E-state index is -0.213. The van der Waals surface area contributed by atoms with Crippen LogP contribution in [0.3, 0.4) is 0 Å². The van der Waals surface area contributed by atoms with Crippen LogP contribution in [0.5, 0.6) is 0 Å². The van der Waals surface area contributed by atoms with Gasteiger partial charge in [0.15, 0.2) is 0 Å². The lowest BCUT2D eigenvalue weighted by Gasteiger charge is -2.40. The van der Waals surface area contributed by atoms with Crippen LogP contribution in [0.25, 0.3) is 11.1 Å². The molecule has 2 N–H and O–H groups in total. The van der Waals surface area contributed by atoms with Gasteiger partial charge in [-0.1, -0.05) is 18.2 Å². The summed E-state index contributed by atoms with van der Waals surface area (Å²) in [6.45, 7) is 0.534. The van der Waals surface area contributed by atoms with E-state index in [0.717, 1.165) is 36.1 Å². The number of aromatic nitrogens is 1. The number of amides is 2. The number of hydrogen-bond donors (Lipinski definition) is 2. The Balaban J connectivity index is 1.67. The van der Waals surface area contributed by atoms with Crippen LogP contribution in [-0.4, -0.2) is 30.3 Å². The van der Waals surface area contributed by atoms with Crippen molar-refractivity contribution in [1.82, 2.24) is 10.3 Å². The molecular formula is C18H21N3O2. The summed E-state index contributed by atoms with van der Waals surface area (Å²) in [6.07, 6.45) is 6.63. The summed E-state index contributed by atoms with van der Waals surface area (Å²) in [4.78, 5) is 16.2. The van der Waals surface area contributed by atoms with Gasteiger partial charge >= 0.3 is 6.03 Å². The Morgan fingerprint density at radius 3 is 2.61 bits per heavy atom. The van der Waals surface area contributed by atoms with Gasteiger partial charge < -0.3 is 15.4 Å². The molecule has 0 atom stereocenters. The number of rotatable bonds is 5. The van der Waals surface area contributed by atoms with Crippen molar-refractivity contribution in [1.29, 1.82) is 0 Å². The number of hydrogen-bond acceptors (Lipinski definition) is 3. The zero-order valence-corrected chi connectivity index (χ0v) is 13.2. The third-order valence-electron chi connectivity index (χ3n) is 4.44. The van der Waals surface area contributed by atoms with Crippen LogP contribution in [0.15, 0.2) is 48.8 Å². The van der Waals surface area contributed by atoms with Crippen LogP contribution in [0.4, 0.5) is 10.5 Å². The summed E-state index contributed by atoms with van der Waals surface area (Å²) in [6, 6.07) is 11.4. The highest BCUT2D eigenvalue weighted by Gasteiger charge is 2.37. The summed E-state index contributed by atoms with van der Waals surface area (Å²) in [5.74, 6) is 0. The smallest absolute Gasteiger partial charge is 0.319 e. The maximum Gasteiger partial charge on any atom is 0.319 e. The fourth-order valence-electron chi connectivity index (χ4n) is 2.81. The lowest BCUT2D eigenvalue weighted by atomic mass is 9.80. The molecule has 2 amide bonds. The third-order valence-corrected chi connectivity index (χ3v) is 4.44. The lowest BCUT2D eigenvalue weighted by molar-refractivity contribution is -0.0671. The summed E-state index contributed by atoms with van der Waals surface area (Å²) < 4.78 is 5.52. The van der Waals surface area contributed by atoms with Crippen molar-refractivity contribution in [2.24, 2.45) is 0 Å². The van der Waals surface area contributed by atoms with Crippen molar-refractivity contribution < 1.29 is 9.53 Å². The van der Waals surface area contributed by atoms with Gasteiger partial charge in [-0.2, -0.15) is 0 Å². The van der Waals surface area contributed by atoms with Crippen LogP contribution in [0.2, 0.25) is 0 Å². The zero-order valence-electron chi connectivity index (χ0n) is 13.2. The first kappa shape index (κ1) is 15.5. The fraction of sp³-hybridized carbons (Fsp3) is 0.333. The molecule has 1 aromatic heterocycles. The standard InChI is InChI=1S/C18H21N3O2/c1-23-18(9-4-10-18)13-20-17(22)21-16-6-3-2-5-15(16)14-7-11-19-12-8-14/h2-3,5-8,11-12H,4,9-10,13H2,1H3,(H2,20,21,22). The van der Waals surface area contributed by atoms with E-state index in [-0.39, 0.29) is 11.6 Å². The van der Waals surface area contributed by atoms with Crippen molar-refractivity contribution >= 4 is 11.7 Å². The van der Waals surface area contributed by atoms with Gasteiger partial charge in [-0.25, -0.2) is 4.79 Å². The number of methoxy groups -OCH3 is 1. The molecule has 0 aliphatic heterocycles. The highest BCUT2D eigenvalue weighted by molar-refractivity contribution is 5.94. The molecule has 120 valence electrons. The largest absolute Gasteiger partial charge is 0.376 e. The Bertz CT molecular complexity index is 663. The molecule has 1 fully saturated rings. The van der Waals surface area contributed by atoms with E-state index in [0.29, 0.717) is 6.54 Å². The molecule has 1 saturated carbocycles. The minimum absolute atomic E-state index is 0.179. The monoisotopic (exact) mass is 311 g/mol. The Morgan fingerprint density at radius 2 is 1.96 bits per heavy atom. The maximum absolute atomic E-state index is 12.2. The topological polar surface area (TPSA) is 63.2 Å². The van der Waals surface area contributed by atoms with E-state index in [1.807, 2.05) is 36.4 Å². The average Bonchev–Trinajstić information content (AvgIpc) is 2.56. The second-order valence-electron chi connectivity index (χ2n) is 5.83. The number of pyridine rings is 1. The van der Waals surface area contributed by atoms with Gasteiger partial charge in [-0.15, -0.1) is 0 Å². The van der Waals surface area contributed by atoms with E-state index < -0.39 is 0 Å². The Morgan fingerprint density at radius 1 is 1.22 bits per heavy atom. The van der Waals surface area contributed by atoms with Crippen LogP contribution >= 0.6 is 0 Å². The molecule has 0 unspecified atom stereocenters. The van der Waals surface area contributed by atoms with E-state index in [4.69, 9.17) is 4.74 Å². The first-order valence-electron chi connectivity index (χ1n) is 7.82. The summed E-state index contributed by atoms with van der Waals surface area (Å²) in [7, 11) is 1.71. The molecule has 0 bridgehead atoms. The second kappa shape index (κ2) is 6.79. The summed E-state index contributed by atoms with van der Waals surface area (Å²) >= 11 is 0. The van der Waals surface area contributed by atoms with Crippen LogP contribution in [0, 0.1) is 0 Å². The Labute approximate surface area is 136 Å². The predicted octanol–water partition coefficient (Wildman–Crippen LogP) is 3.44. The third kappa shape index (κ3) is 3.51. The number of urea groups is 1. The number of carbonyl (C=O) groups is 1. The number of carbonyl (C=O) groups excluding carboxylic acids is 1. The molecule has 5 heteroatoms. The van der Waals surface area contributed by atoms with E-state index >= 15 is 0 Å². The maximum atomic E-state index is 12.2. The van der Waals surface area contributed by atoms with E-state index in [1.165, 1.54) is 0 Å². The number of anilines is 1. The fourth-order valence-corrected chi connectivity index (χ4v) is 2.81. The van der Waals surface area contributed by atoms with Gasteiger partial charge in [0.05, 0.1) is 11.3 Å². The van der Waals surface area contributed by atoms with E-state index in [2.05, 4.69) is 15.6 Å². The number of para-hydroxylation sites is 1. The molecule has 1 aliphatic carbocycles. The van der Waals surface area contributed by atoms with Crippen molar-refractivity contribution in [3.05, 3.63) is 48.8 Å². The lowest BCUT2D eigenvalue weighted by Crippen LogP contribution is -2.50. The summed E-state index contributed by atoms with van der Waals surface area (Å²) in [5.41, 5.74) is 2.58. The van der Waals surface area contributed by atoms with Gasteiger partial charge in [-0.05, 0) is 43.0 Å². The highest BCUT2D eigenvalue weighted by atomic mass is 16.5. The minimum Gasteiger partial charge on any atom is -0.376 e. The molecular weight excluding hydrogens is 290 g/mol. The second-order valence-corrected chi connectivity index (χ2v) is 5.83. The van der Waals surface area contributed by atoms with Crippen LogP contribution in [-0.2, 0) is 4.74 Å². The molecule has 0 radical (unpaired) electrons. The molecule has 0 spiro atoms. The van der Waals surface area contributed by atoms with Crippen molar-refractivity contribution in [3.8, 4) is 11.1 Å². The average molecular weight is 311 g/mol. The van der Waals surface area contributed by atoms with Crippen LogP contribution < -0.4 is 10.6 Å². The van der Waals surface area contributed by atoms with Crippen molar-refractivity contribution in [2.45, 2.75) is 24.9 Å². The van der Waals surface area contributed by atoms with Crippen molar-refractivity contribution in [2.75, 3.05) is 19.0 Å². The van der Waals surface area contributed by atoms with E-state index in [1.54, 1.807) is 19.5 Å². The van der Waals surface area contributed by atoms with E-state index in [9.17, 15) is 4.79 Å². The zero-order chi connectivity index (χ0) is 16.1. The van der Waals surface area contributed by atoms with Crippen molar-refractivity contribution in [3.63, 3.8) is 0 Å². The Hall–Kier alpha value is -2.40. The first-order chi connectivity index (χ1) is 11.2. The molecule has 2 aromatic rings. The molecule has 1 aliphatic rings. The number of nitrogens with zero attached hydrogens (tertiary/aromatic N) is 1. The van der Waals surface area contributed by atoms with Gasteiger partial charge in [0, 0.05) is 31.6 Å². The highest BCUT2D eigenvalue weighted by Crippen LogP contribution is 2.34. The van der Waals surface area contributed by atoms with Crippen LogP contribution in [0.1, 0.15) is 19.3 Å². The SMILES string of the molecule is COC1(CNC(=O)Nc2ccccc2-c2ccncc2)CCC1. The quantitative estimate of drug-likeness (QED) is 0.889. The Kier molecular flexibility index (Phi) is 4.57. The van der Waals surface area contributed by atoms with Gasteiger partial charge in [0.25, 0.3) is 0 Å². The van der Waals surface area contributed by atoms with Gasteiger partial charge in [0.2, 0.25) is 0 Å².